The lowest BCUT2D eigenvalue weighted by atomic mass is 9.98. The van der Waals surface area contributed by atoms with Gasteiger partial charge in [-0.15, -0.1) is 0 Å². The first-order chi connectivity index (χ1) is 7.22. The lowest BCUT2D eigenvalue weighted by molar-refractivity contribution is -0.328. The second-order valence-corrected chi connectivity index (χ2v) is 2.91. The van der Waals surface area contributed by atoms with Crippen molar-refractivity contribution >= 4 is 0 Å². The van der Waals surface area contributed by atoms with Crippen molar-refractivity contribution in [3.8, 4) is 0 Å². The highest BCUT2D eigenvalue weighted by atomic mass is 19.4. The number of hydrogen-bond donors (Lipinski definition) is 0. The minimum absolute atomic E-state index is 2.12. The molecule has 102 valence electrons. The first kappa shape index (κ1) is 16.3. The van der Waals surface area contributed by atoms with Gasteiger partial charge in [-0.2, -0.15) is 39.5 Å². The highest BCUT2D eigenvalue weighted by molar-refractivity contribution is 5.11. The summed E-state index contributed by atoms with van der Waals surface area (Å²) in [5, 5.41) is 0. The molecule has 0 saturated heterocycles. The van der Waals surface area contributed by atoms with Crippen LogP contribution in [0.3, 0.4) is 0 Å². The van der Waals surface area contributed by atoms with Gasteiger partial charge in [-0.05, 0) is 6.92 Å². The van der Waals surface area contributed by atoms with Crippen molar-refractivity contribution in [1.82, 2.24) is 0 Å². The summed E-state index contributed by atoms with van der Waals surface area (Å²) in [5.74, 6) is -18.8. The predicted molar refractivity (Wildman–Crippen MR) is 35.2 cm³/mol. The molecule has 17 heavy (non-hydrogen) atoms. The molecule has 0 atom stereocenters. The van der Waals surface area contributed by atoms with Crippen LogP contribution in [-0.4, -0.2) is 23.9 Å². The Labute approximate surface area is 88.6 Å². The molecule has 0 rings (SSSR count). The van der Waals surface area contributed by atoms with E-state index in [2.05, 4.69) is 6.92 Å². The van der Waals surface area contributed by atoms with Crippen LogP contribution in [0.15, 0.2) is 0 Å². The summed E-state index contributed by atoms with van der Waals surface area (Å²) in [6.07, 6.45) is -13.1. The van der Waals surface area contributed by atoms with Crippen LogP contribution < -0.4 is 0 Å². The quantitative estimate of drug-likeness (QED) is 0.677. The average Bonchev–Trinajstić information content (AvgIpc) is 2.14. The van der Waals surface area contributed by atoms with Gasteiger partial charge < -0.3 is 0 Å². The highest BCUT2D eigenvalue weighted by Gasteiger charge is 2.78. The fourth-order valence-corrected chi connectivity index (χ4v) is 0.703. The molecule has 0 aliphatic heterocycles. The minimum Gasteiger partial charge on any atom is -0.222 e. The fraction of sp³-hybridized carbons (Fsp3) is 0.714. The Morgan fingerprint density at radius 1 is 0.824 bits per heavy atom. The minimum atomic E-state index is -6.67. The van der Waals surface area contributed by atoms with E-state index in [-0.39, 0.29) is 0 Å². The normalized spacial score (nSPS) is 15.5. The SMILES string of the molecule is [CH2]CC(F)(F)C(F)(F)C(F)(F)[C](F)C(F)(F)F. The Bertz CT molecular complexity index is 264. The summed E-state index contributed by atoms with van der Waals surface area (Å²) in [7, 11) is 0. The van der Waals surface area contributed by atoms with Crippen molar-refractivity contribution in [2.24, 2.45) is 0 Å². The molecule has 0 aliphatic carbocycles. The monoisotopic (exact) mass is 278 g/mol. The third-order valence-electron chi connectivity index (χ3n) is 1.69. The molecule has 0 aromatic carbocycles. The zero-order chi connectivity index (χ0) is 14.3. The lowest BCUT2D eigenvalue weighted by Gasteiger charge is -2.33. The van der Waals surface area contributed by atoms with Crippen LogP contribution in [-0.2, 0) is 0 Å². The van der Waals surface area contributed by atoms with Gasteiger partial charge in [0.25, 0.3) is 0 Å². The number of halogens is 10. The van der Waals surface area contributed by atoms with E-state index in [0.29, 0.717) is 0 Å². The molecular formula is C7H4F10. The van der Waals surface area contributed by atoms with Crippen molar-refractivity contribution in [2.45, 2.75) is 30.4 Å². The Hall–Kier alpha value is -0.700. The summed E-state index contributed by atoms with van der Waals surface area (Å²) in [5.41, 5.74) is 0. The summed E-state index contributed by atoms with van der Waals surface area (Å²) in [4.78, 5) is 0. The number of rotatable bonds is 4. The van der Waals surface area contributed by atoms with Gasteiger partial charge in [0.05, 0.1) is 0 Å². The molecule has 0 fully saturated rings. The second kappa shape index (κ2) is 4.20. The Kier molecular flexibility index (Phi) is 4.03. The lowest BCUT2D eigenvalue weighted by Crippen LogP contribution is -2.58. The highest BCUT2D eigenvalue weighted by Crippen LogP contribution is 2.55. The Morgan fingerprint density at radius 3 is 1.41 bits per heavy atom. The van der Waals surface area contributed by atoms with Crippen molar-refractivity contribution in [2.75, 3.05) is 0 Å². The molecule has 0 N–H and O–H groups in total. The van der Waals surface area contributed by atoms with E-state index < -0.39 is 36.5 Å². The molecule has 0 saturated carbocycles. The van der Waals surface area contributed by atoms with Gasteiger partial charge in [0.1, 0.15) is 0 Å². The molecule has 2 radical (unpaired) electrons. The molecule has 10 heteroatoms. The average molecular weight is 278 g/mol. The maximum absolute atomic E-state index is 12.5. The van der Waals surface area contributed by atoms with Crippen LogP contribution in [0.5, 0.6) is 0 Å². The second-order valence-electron chi connectivity index (χ2n) is 2.91. The Morgan fingerprint density at radius 2 is 1.18 bits per heavy atom. The van der Waals surface area contributed by atoms with Gasteiger partial charge in [0.15, 0.2) is 0 Å². The first-order valence-electron chi connectivity index (χ1n) is 3.74. The smallest absolute Gasteiger partial charge is 0.222 e. The van der Waals surface area contributed by atoms with Crippen LogP contribution in [0.25, 0.3) is 0 Å². The van der Waals surface area contributed by atoms with Crippen LogP contribution in [0, 0.1) is 13.1 Å². The molecular weight excluding hydrogens is 274 g/mol. The fourth-order valence-electron chi connectivity index (χ4n) is 0.703. The van der Waals surface area contributed by atoms with Crippen LogP contribution >= 0.6 is 0 Å². The van der Waals surface area contributed by atoms with Crippen molar-refractivity contribution < 1.29 is 43.9 Å². The van der Waals surface area contributed by atoms with E-state index in [1.54, 1.807) is 0 Å². The summed E-state index contributed by atoms with van der Waals surface area (Å²) >= 11 is 0. The van der Waals surface area contributed by atoms with Crippen molar-refractivity contribution in [1.29, 1.82) is 0 Å². The zero-order valence-corrected chi connectivity index (χ0v) is 7.69. The molecule has 0 amide bonds. The maximum Gasteiger partial charge on any atom is 0.432 e. The van der Waals surface area contributed by atoms with Gasteiger partial charge in [-0.3, -0.25) is 0 Å². The van der Waals surface area contributed by atoms with Crippen molar-refractivity contribution in [3.05, 3.63) is 13.1 Å². The molecule has 0 heterocycles. The molecule has 0 aliphatic rings. The zero-order valence-electron chi connectivity index (χ0n) is 7.69. The van der Waals surface area contributed by atoms with E-state index in [4.69, 9.17) is 0 Å². The third-order valence-corrected chi connectivity index (χ3v) is 1.69. The molecule has 0 aromatic heterocycles. The molecule has 0 unspecified atom stereocenters. The van der Waals surface area contributed by atoms with Crippen LogP contribution in [0.2, 0.25) is 0 Å². The molecule has 0 aromatic rings. The number of hydrogen-bond acceptors (Lipinski definition) is 0. The molecule has 0 nitrogen and oxygen atoms in total. The van der Waals surface area contributed by atoms with Gasteiger partial charge in [0.2, 0.25) is 0 Å². The Balaban J connectivity index is 5.45. The van der Waals surface area contributed by atoms with Crippen molar-refractivity contribution in [3.63, 3.8) is 0 Å². The van der Waals surface area contributed by atoms with E-state index in [0.717, 1.165) is 0 Å². The predicted octanol–water partition coefficient (Wildman–Crippen LogP) is 4.18. The van der Waals surface area contributed by atoms with Crippen LogP contribution in [0.1, 0.15) is 6.42 Å². The molecule has 0 bridgehead atoms. The van der Waals surface area contributed by atoms with E-state index in [9.17, 15) is 43.9 Å². The topological polar surface area (TPSA) is 0 Å². The first-order valence-corrected chi connectivity index (χ1v) is 3.74. The van der Waals surface area contributed by atoms with Gasteiger partial charge in [-0.25, -0.2) is 4.39 Å². The van der Waals surface area contributed by atoms with Gasteiger partial charge in [-0.1, -0.05) is 0 Å². The van der Waals surface area contributed by atoms with E-state index >= 15 is 0 Å². The number of alkyl halides is 9. The van der Waals surface area contributed by atoms with Gasteiger partial charge >= 0.3 is 30.1 Å². The molecule has 0 spiro atoms. The summed E-state index contributed by atoms with van der Waals surface area (Å²) < 4.78 is 121. The largest absolute Gasteiger partial charge is 0.432 e. The standard InChI is InChI=1S/C7H4F10/c1-2-4(9,10)7(16,17)5(11,12)3(8)6(13,14)15/h1-2H2. The van der Waals surface area contributed by atoms with E-state index in [1.807, 2.05) is 0 Å². The van der Waals surface area contributed by atoms with E-state index in [1.165, 1.54) is 0 Å². The van der Waals surface area contributed by atoms with Crippen LogP contribution in [0.4, 0.5) is 43.9 Å². The van der Waals surface area contributed by atoms with Gasteiger partial charge in [0, 0.05) is 6.42 Å². The summed E-state index contributed by atoms with van der Waals surface area (Å²) in [6, 6.07) is 0. The summed E-state index contributed by atoms with van der Waals surface area (Å²) in [6.45, 7) is 2.18. The maximum atomic E-state index is 12.5. The third kappa shape index (κ3) is 2.59.